The smallest absolute Gasteiger partial charge is 0.226 e. The van der Waals surface area contributed by atoms with Gasteiger partial charge in [-0.15, -0.1) is 0 Å². The first-order valence-corrected chi connectivity index (χ1v) is 17.0. The number of carbonyl (C=O) groups is 4. The Hall–Kier alpha value is -0.345. The van der Waals surface area contributed by atoms with Gasteiger partial charge in [-0.3, -0.25) is 24.1 Å². The minimum Gasteiger partial charge on any atom is -0.540 e. The average molecular weight is 1220 g/mol. The number of rotatable bonds is 20. The SMILES string of the molecule is CC[C@H](C)[C@@H]([C@@H](CC(=O)N1CCC[C@H]1[C@H](OC)[C@@H](C)C(=O)N[C@@H](C)[C-]=O)OC)N(C)C(=O)[C@@H](CC(=O)[C@H](C(C)C)N(C)C)C(C)C.O.[W].[W].[W]. The van der Waals surface area contributed by atoms with Gasteiger partial charge in [0, 0.05) is 103 Å². The van der Waals surface area contributed by atoms with Crippen LogP contribution >= 0.6 is 0 Å². The first-order chi connectivity index (χ1) is 21.5. The number of likely N-dealkylation sites (N-methyl/N-ethyl adjacent to an activating group) is 2. The van der Waals surface area contributed by atoms with Crippen LogP contribution in [0, 0.1) is 29.6 Å². The molecule has 1 saturated heterocycles. The van der Waals surface area contributed by atoms with Crippen LogP contribution in [-0.4, -0.2) is 128 Å². The van der Waals surface area contributed by atoms with E-state index < -0.39 is 36.1 Å². The van der Waals surface area contributed by atoms with Gasteiger partial charge in [0.25, 0.3) is 0 Å². The van der Waals surface area contributed by atoms with E-state index in [1.807, 2.05) is 53.6 Å². The largest absolute Gasteiger partial charge is 0.540 e. The van der Waals surface area contributed by atoms with Crippen molar-refractivity contribution in [3.05, 3.63) is 0 Å². The molecular weight excluding hydrogens is 1160 g/mol. The summed E-state index contributed by atoms with van der Waals surface area (Å²) in [6.07, 6.45) is 3.01. The predicted molar refractivity (Wildman–Crippen MR) is 183 cm³/mol. The zero-order valence-corrected chi connectivity index (χ0v) is 41.3. The molecular formula is C35H65N4O8W3-. The minimum atomic E-state index is -0.744. The van der Waals surface area contributed by atoms with Crippen molar-refractivity contribution in [1.29, 1.82) is 0 Å². The van der Waals surface area contributed by atoms with Crippen LogP contribution in [0.4, 0.5) is 0 Å². The van der Waals surface area contributed by atoms with Crippen molar-refractivity contribution >= 4 is 29.8 Å². The Morgan fingerprint density at radius 3 is 1.88 bits per heavy atom. The number of carbonyl (C=O) groups excluding carboxylic acids is 5. The molecule has 292 valence electrons. The number of nitrogens with zero attached hydrogens (tertiary/aromatic N) is 3. The van der Waals surface area contributed by atoms with Crippen LogP contribution in [0.3, 0.4) is 0 Å². The van der Waals surface area contributed by atoms with E-state index >= 15 is 0 Å². The molecule has 50 heavy (non-hydrogen) atoms. The summed E-state index contributed by atoms with van der Waals surface area (Å²) in [5.41, 5.74) is 0. The maximum absolute atomic E-state index is 14.2. The Kier molecular flexibility index (Phi) is 30.8. The maximum Gasteiger partial charge on any atom is 0.226 e. The summed E-state index contributed by atoms with van der Waals surface area (Å²) in [4.78, 5) is 70.7. The zero-order chi connectivity index (χ0) is 35.5. The van der Waals surface area contributed by atoms with E-state index in [0.29, 0.717) is 13.0 Å². The minimum absolute atomic E-state index is 0. The molecule has 1 aliphatic heterocycles. The maximum atomic E-state index is 14.2. The Labute approximate surface area is 345 Å². The quantitative estimate of drug-likeness (QED) is 0.183. The monoisotopic (exact) mass is 1220 g/mol. The Bertz CT molecular complexity index is 1010. The average Bonchev–Trinajstić information content (AvgIpc) is 3.48. The van der Waals surface area contributed by atoms with Gasteiger partial charge < -0.3 is 34.9 Å². The normalized spacial score (nSPS) is 18.9. The molecule has 0 spiro atoms. The molecule has 0 radical (unpaired) electrons. The van der Waals surface area contributed by atoms with E-state index in [4.69, 9.17) is 9.47 Å². The summed E-state index contributed by atoms with van der Waals surface area (Å²) in [5, 5.41) is 2.63. The van der Waals surface area contributed by atoms with Crippen molar-refractivity contribution in [2.24, 2.45) is 29.6 Å². The number of nitrogens with one attached hydrogen (secondary N) is 1. The fourth-order valence-electron chi connectivity index (χ4n) is 7.14. The van der Waals surface area contributed by atoms with Crippen LogP contribution in [0.1, 0.15) is 87.5 Å². The Balaban J connectivity index is -0.00000264. The van der Waals surface area contributed by atoms with Crippen molar-refractivity contribution in [3.8, 4) is 0 Å². The van der Waals surface area contributed by atoms with Crippen LogP contribution in [0.5, 0.6) is 0 Å². The van der Waals surface area contributed by atoms with Gasteiger partial charge in [-0.2, -0.15) is 0 Å². The van der Waals surface area contributed by atoms with Crippen molar-refractivity contribution < 1.29 is 102 Å². The molecule has 1 fully saturated rings. The number of methoxy groups -OCH3 is 2. The number of hydrogen-bond acceptors (Lipinski definition) is 8. The standard InChI is InChI=1S/C35H63N4O7.H2O.3W/c1-14-23(6)32(38(11)35(44)26(21(2)3)18-28(41)31(22(4)5)37(9)10)29(45-12)19-30(42)39-17-15-16-27(39)33(46-13)25(8)34(43)36-24(7)20-40;;;;/h21-27,29,31-33H,14-19H2,1-13H3,(H,36,43);1H2;;;/q-1;;;;/t23-,24-,25+,26-,27-,29+,31-,32-,33+;;;;/m0..../s1. The van der Waals surface area contributed by atoms with Gasteiger partial charge in [0.1, 0.15) is 0 Å². The van der Waals surface area contributed by atoms with Gasteiger partial charge in [-0.05, 0) is 44.7 Å². The third-order valence-electron chi connectivity index (χ3n) is 9.85. The number of Topliss-reactive ketones (excluding diaryl/α,β-unsaturated/α-hetero) is 1. The van der Waals surface area contributed by atoms with E-state index in [0.717, 1.165) is 12.8 Å². The fraction of sp³-hybridized carbons (Fsp3) is 0.857. The number of hydrogen-bond donors (Lipinski definition) is 1. The van der Waals surface area contributed by atoms with E-state index in [-0.39, 0.29) is 135 Å². The number of ether oxygens (including phenoxy) is 2. The number of likely N-dealkylation sites (tertiary alicyclic amines) is 1. The molecule has 0 aromatic carbocycles. The van der Waals surface area contributed by atoms with Crippen LogP contribution < -0.4 is 5.32 Å². The second-order valence-electron chi connectivity index (χ2n) is 14.1. The fourth-order valence-corrected chi connectivity index (χ4v) is 7.14. The van der Waals surface area contributed by atoms with Gasteiger partial charge in [0.05, 0.1) is 42.7 Å². The van der Waals surface area contributed by atoms with Gasteiger partial charge in [0.2, 0.25) is 17.7 Å². The molecule has 12 nitrogen and oxygen atoms in total. The Morgan fingerprint density at radius 1 is 0.900 bits per heavy atom. The molecule has 0 aromatic rings. The summed E-state index contributed by atoms with van der Waals surface area (Å²) in [5.74, 6) is -1.57. The van der Waals surface area contributed by atoms with Crippen molar-refractivity contribution in [2.75, 3.05) is 41.9 Å². The number of ketones is 1. The van der Waals surface area contributed by atoms with Gasteiger partial charge in [0.15, 0.2) is 5.78 Å². The zero-order valence-electron chi connectivity index (χ0n) is 32.5. The van der Waals surface area contributed by atoms with Gasteiger partial charge in [-0.1, -0.05) is 67.9 Å². The predicted octanol–water partition coefficient (Wildman–Crippen LogP) is 2.51. The summed E-state index contributed by atoms with van der Waals surface area (Å²) in [7, 11) is 8.64. The van der Waals surface area contributed by atoms with Crippen LogP contribution in [0.2, 0.25) is 0 Å². The van der Waals surface area contributed by atoms with E-state index in [2.05, 4.69) is 12.2 Å². The molecule has 3 amide bonds. The molecule has 1 rings (SSSR count). The molecule has 1 heterocycles. The van der Waals surface area contributed by atoms with Crippen LogP contribution in [-0.2, 0) is 96.6 Å². The molecule has 0 aliphatic carbocycles. The van der Waals surface area contributed by atoms with E-state index in [1.54, 1.807) is 44.1 Å². The first kappa shape index (κ1) is 56.4. The summed E-state index contributed by atoms with van der Waals surface area (Å²) in [6.45, 7) is 15.9. The van der Waals surface area contributed by atoms with Crippen molar-refractivity contribution in [2.45, 2.75) is 124 Å². The molecule has 0 aromatic heterocycles. The molecule has 1 aliphatic rings. The number of amides is 3. The van der Waals surface area contributed by atoms with E-state index in [1.165, 1.54) is 7.11 Å². The van der Waals surface area contributed by atoms with Crippen LogP contribution in [0.25, 0.3) is 0 Å². The van der Waals surface area contributed by atoms with Crippen molar-refractivity contribution in [3.63, 3.8) is 0 Å². The Morgan fingerprint density at radius 2 is 1.46 bits per heavy atom. The molecule has 0 saturated carbocycles. The van der Waals surface area contributed by atoms with Crippen LogP contribution in [0.15, 0.2) is 0 Å². The summed E-state index contributed by atoms with van der Waals surface area (Å²) >= 11 is 0. The topological polar surface area (TPSA) is 157 Å². The molecule has 0 unspecified atom stereocenters. The van der Waals surface area contributed by atoms with Crippen molar-refractivity contribution in [1.82, 2.24) is 20.0 Å². The second-order valence-corrected chi connectivity index (χ2v) is 14.1. The third-order valence-corrected chi connectivity index (χ3v) is 9.85. The molecule has 3 N–H and O–H groups in total. The molecule has 15 heteroatoms. The third kappa shape index (κ3) is 15.6. The van der Waals surface area contributed by atoms with Gasteiger partial charge >= 0.3 is 0 Å². The summed E-state index contributed by atoms with van der Waals surface area (Å²) in [6, 6.07) is -1.75. The molecule has 0 bridgehead atoms. The summed E-state index contributed by atoms with van der Waals surface area (Å²) < 4.78 is 11.8. The van der Waals surface area contributed by atoms with E-state index in [9.17, 15) is 24.0 Å². The second kappa shape index (κ2) is 27.3. The molecule has 9 atom stereocenters. The van der Waals surface area contributed by atoms with Gasteiger partial charge in [-0.25, -0.2) is 6.29 Å². The first-order valence-electron chi connectivity index (χ1n) is 17.0.